The van der Waals surface area contributed by atoms with E-state index in [2.05, 4.69) is 41.5 Å². The minimum atomic E-state index is 0.903. The van der Waals surface area contributed by atoms with E-state index in [1.807, 2.05) is 0 Å². The van der Waals surface area contributed by atoms with Gasteiger partial charge < -0.3 is 5.32 Å². The van der Waals surface area contributed by atoms with Crippen molar-refractivity contribution in [3.05, 3.63) is 35.4 Å². The van der Waals surface area contributed by atoms with E-state index < -0.39 is 0 Å². The molecule has 0 unspecified atom stereocenters. The summed E-state index contributed by atoms with van der Waals surface area (Å²) in [6, 6.07) is 8.58. The smallest absolute Gasteiger partial charge is 0.0966 e. The van der Waals surface area contributed by atoms with Gasteiger partial charge in [-0.2, -0.15) is 0 Å². The van der Waals surface area contributed by atoms with Gasteiger partial charge >= 0.3 is 0 Å². The van der Waals surface area contributed by atoms with Crippen LogP contribution in [0.2, 0.25) is 0 Å². The van der Waals surface area contributed by atoms with E-state index in [1.54, 1.807) is 0 Å². The predicted octanol–water partition coefficient (Wildman–Crippen LogP) is 2.28. The van der Waals surface area contributed by atoms with Crippen molar-refractivity contribution in [2.24, 2.45) is 4.99 Å². The molecule has 1 aliphatic heterocycles. The van der Waals surface area contributed by atoms with Gasteiger partial charge in [0, 0.05) is 19.5 Å². The summed E-state index contributed by atoms with van der Waals surface area (Å²) in [7, 11) is 0. The number of rotatable bonds is 2. The molecule has 2 rings (SSSR count). The van der Waals surface area contributed by atoms with E-state index in [9.17, 15) is 0 Å². The van der Waals surface area contributed by atoms with Gasteiger partial charge in [0.05, 0.1) is 5.84 Å². The normalized spacial score (nSPS) is 15.4. The highest BCUT2D eigenvalue weighted by Gasteiger charge is 2.04. The van der Waals surface area contributed by atoms with Gasteiger partial charge in [0.2, 0.25) is 0 Å². The Bertz CT molecular complexity index is 342. The Hall–Kier alpha value is -1.31. The van der Waals surface area contributed by atoms with Crippen molar-refractivity contribution in [2.45, 2.75) is 26.3 Å². The fourth-order valence-electron chi connectivity index (χ4n) is 1.71. The van der Waals surface area contributed by atoms with Crippen molar-refractivity contribution >= 4 is 5.84 Å². The highest BCUT2D eigenvalue weighted by atomic mass is 15.0. The Labute approximate surface area is 85.1 Å². The molecule has 2 heteroatoms. The van der Waals surface area contributed by atoms with Crippen molar-refractivity contribution < 1.29 is 0 Å². The molecule has 0 radical (unpaired) electrons. The molecule has 2 nitrogen and oxygen atoms in total. The third-order valence-corrected chi connectivity index (χ3v) is 2.45. The van der Waals surface area contributed by atoms with E-state index in [-0.39, 0.29) is 0 Å². The number of amidine groups is 1. The topological polar surface area (TPSA) is 24.4 Å². The second-order valence-corrected chi connectivity index (χ2v) is 3.77. The van der Waals surface area contributed by atoms with Crippen LogP contribution in [0.1, 0.15) is 24.0 Å². The lowest BCUT2D eigenvalue weighted by atomic mass is 10.1. The van der Waals surface area contributed by atoms with Crippen LogP contribution in [0.3, 0.4) is 0 Å². The van der Waals surface area contributed by atoms with E-state index in [1.165, 1.54) is 23.4 Å². The van der Waals surface area contributed by atoms with Gasteiger partial charge in [0.15, 0.2) is 0 Å². The highest BCUT2D eigenvalue weighted by molar-refractivity contribution is 5.83. The van der Waals surface area contributed by atoms with Crippen LogP contribution >= 0.6 is 0 Å². The molecule has 0 amide bonds. The van der Waals surface area contributed by atoms with Gasteiger partial charge in [-0.15, -0.1) is 0 Å². The lowest BCUT2D eigenvalue weighted by molar-refractivity contribution is 0.887. The fourth-order valence-corrected chi connectivity index (χ4v) is 1.71. The van der Waals surface area contributed by atoms with E-state index in [0.717, 1.165) is 19.5 Å². The van der Waals surface area contributed by atoms with Crippen molar-refractivity contribution in [3.63, 3.8) is 0 Å². The second kappa shape index (κ2) is 4.27. The summed E-state index contributed by atoms with van der Waals surface area (Å²) in [5.74, 6) is 1.17. The first-order valence-corrected chi connectivity index (χ1v) is 5.17. The monoisotopic (exact) mass is 188 g/mol. The average Bonchev–Trinajstić information content (AvgIpc) is 2.67. The summed E-state index contributed by atoms with van der Waals surface area (Å²) in [5, 5.41) is 3.38. The molecule has 1 heterocycles. The Morgan fingerprint density at radius 1 is 1.43 bits per heavy atom. The first kappa shape index (κ1) is 9.25. The molecule has 14 heavy (non-hydrogen) atoms. The maximum Gasteiger partial charge on any atom is 0.0966 e. The SMILES string of the molecule is Cc1cccc(CNC2=NCCC2)c1. The molecule has 0 atom stereocenters. The minimum Gasteiger partial charge on any atom is -0.370 e. The van der Waals surface area contributed by atoms with Crippen LogP contribution in [0.5, 0.6) is 0 Å². The number of aliphatic imine (C=N–C) groups is 1. The molecular weight excluding hydrogens is 172 g/mol. The molecule has 1 aliphatic rings. The summed E-state index contributed by atoms with van der Waals surface area (Å²) in [4.78, 5) is 4.38. The zero-order chi connectivity index (χ0) is 9.80. The lowest BCUT2D eigenvalue weighted by Gasteiger charge is -2.06. The molecule has 0 aliphatic carbocycles. The van der Waals surface area contributed by atoms with E-state index in [4.69, 9.17) is 0 Å². The van der Waals surface area contributed by atoms with Crippen molar-refractivity contribution in [3.8, 4) is 0 Å². The molecule has 74 valence electrons. The number of aryl methyl sites for hydroxylation is 1. The lowest BCUT2D eigenvalue weighted by Crippen LogP contribution is -2.20. The number of hydrogen-bond donors (Lipinski definition) is 1. The van der Waals surface area contributed by atoms with Crippen LogP contribution in [0.4, 0.5) is 0 Å². The third kappa shape index (κ3) is 2.34. The maximum absolute atomic E-state index is 4.38. The van der Waals surface area contributed by atoms with Gasteiger partial charge in [-0.05, 0) is 18.9 Å². The Morgan fingerprint density at radius 3 is 3.07 bits per heavy atom. The van der Waals surface area contributed by atoms with Crippen LogP contribution < -0.4 is 5.32 Å². The predicted molar refractivity (Wildman–Crippen MR) is 59.6 cm³/mol. The van der Waals surface area contributed by atoms with Gasteiger partial charge in [0.25, 0.3) is 0 Å². The van der Waals surface area contributed by atoms with Crippen LogP contribution in [0.15, 0.2) is 29.3 Å². The molecule has 1 N–H and O–H groups in total. The number of benzene rings is 1. The Morgan fingerprint density at radius 2 is 2.36 bits per heavy atom. The number of hydrogen-bond acceptors (Lipinski definition) is 2. The zero-order valence-electron chi connectivity index (χ0n) is 8.59. The maximum atomic E-state index is 4.38. The molecule has 0 bridgehead atoms. The Kier molecular flexibility index (Phi) is 2.82. The van der Waals surface area contributed by atoms with Crippen LogP contribution in [0.25, 0.3) is 0 Å². The highest BCUT2D eigenvalue weighted by Crippen LogP contribution is 2.05. The Balaban J connectivity index is 1.91. The minimum absolute atomic E-state index is 0.903. The molecule has 1 aromatic rings. The first-order valence-electron chi connectivity index (χ1n) is 5.17. The summed E-state index contributed by atoms with van der Waals surface area (Å²) in [5.41, 5.74) is 2.65. The molecule has 1 aromatic carbocycles. The summed E-state index contributed by atoms with van der Waals surface area (Å²) in [6.45, 7) is 4.02. The van der Waals surface area contributed by atoms with Crippen LogP contribution in [-0.2, 0) is 6.54 Å². The van der Waals surface area contributed by atoms with Crippen LogP contribution in [-0.4, -0.2) is 12.4 Å². The van der Waals surface area contributed by atoms with Crippen molar-refractivity contribution in [1.82, 2.24) is 5.32 Å². The average molecular weight is 188 g/mol. The molecule has 0 aromatic heterocycles. The van der Waals surface area contributed by atoms with E-state index >= 15 is 0 Å². The second-order valence-electron chi connectivity index (χ2n) is 3.77. The first-order chi connectivity index (χ1) is 6.84. The van der Waals surface area contributed by atoms with Crippen LogP contribution in [0, 0.1) is 6.92 Å². The zero-order valence-corrected chi connectivity index (χ0v) is 8.59. The molecule has 0 fully saturated rings. The van der Waals surface area contributed by atoms with Crippen molar-refractivity contribution in [2.75, 3.05) is 6.54 Å². The molecule has 0 saturated carbocycles. The summed E-state index contributed by atoms with van der Waals surface area (Å²) in [6.07, 6.45) is 2.32. The summed E-state index contributed by atoms with van der Waals surface area (Å²) < 4.78 is 0. The fraction of sp³-hybridized carbons (Fsp3) is 0.417. The molecule has 0 saturated heterocycles. The summed E-state index contributed by atoms with van der Waals surface area (Å²) >= 11 is 0. The standard InChI is InChI=1S/C12H16N2/c1-10-4-2-5-11(8-10)9-14-12-6-3-7-13-12/h2,4-5,8H,3,6-7,9H2,1H3,(H,13,14). The third-order valence-electron chi connectivity index (χ3n) is 2.45. The van der Waals surface area contributed by atoms with Crippen molar-refractivity contribution in [1.29, 1.82) is 0 Å². The van der Waals surface area contributed by atoms with Gasteiger partial charge in [0.1, 0.15) is 0 Å². The quantitative estimate of drug-likeness (QED) is 0.756. The number of nitrogens with zero attached hydrogens (tertiary/aromatic N) is 1. The molecule has 0 spiro atoms. The van der Waals surface area contributed by atoms with Gasteiger partial charge in [-0.25, -0.2) is 0 Å². The molecular formula is C12H16N2. The van der Waals surface area contributed by atoms with Gasteiger partial charge in [-0.1, -0.05) is 29.8 Å². The largest absolute Gasteiger partial charge is 0.370 e. The van der Waals surface area contributed by atoms with Gasteiger partial charge in [-0.3, -0.25) is 4.99 Å². The van der Waals surface area contributed by atoms with E-state index in [0.29, 0.717) is 0 Å². The number of nitrogens with one attached hydrogen (secondary N) is 1.